The number of rotatable bonds is 4. The zero-order valence-corrected chi connectivity index (χ0v) is 18.7. The molecule has 1 spiro atoms. The maximum absolute atomic E-state index is 13.9. The molecule has 3 atom stereocenters. The Hall–Kier alpha value is -3.70. The number of hydrogen-bond acceptors (Lipinski definition) is 5. The standard InChI is InChI=1S/C24H20F4N6O2/c25-11-5-13-14(9-30-19(13)29-8-11)20-32-21(15-1-2-16(24(26,27)28)34(15)33-20)31-18-17(22(35)36)12-3-4-23(18)6-10(12)7-23/h1-2,5,8-10,12,17-18H,3-4,6-7H2,(H,29,30)(H,35,36)(H,31,32,33)/t10?,12-,17-,18+,23?/m0/s1. The Labute approximate surface area is 200 Å². The number of alkyl halides is 3. The van der Waals surface area contributed by atoms with Crippen LogP contribution in [0.1, 0.15) is 31.4 Å². The molecule has 0 radical (unpaired) electrons. The molecule has 3 N–H and O–H groups in total. The van der Waals surface area contributed by atoms with Crippen molar-refractivity contribution in [3.63, 3.8) is 0 Å². The normalized spacial score (nSPS) is 29.0. The van der Waals surface area contributed by atoms with E-state index in [9.17, 15) is 27.5 Å². The maximum atomic E-state index is 13.9. The Morgan fingerprint density at radius 1 is 1.28 bits per heavy atom. The van der Waals surface area contributed by atoms with Gasteiger partial charge in [0.05, 0.1) is 12.1 Å². The SMILES string of the molecule is O=C(O)[C@@H]1[C@@H](Nc2nc(-c3c[nH]c4ncc(F)cc34)nn3c(C(F)(F)F)ccc23)C23CC[C@H]1C(C2)C3. The highest BCUT2D eigenvalue weighted by Crippen LogP contribution is 2.68. The van der Waals surface area contributed by atoms with Crippen molar-refractivity contribution in [1.29, 1.82) is 0 Å². The third kappa shape index (κ3) is 2.86. The summed E-state index contributed by atoms with van der Waals surface area (Å²) in [5, 5.41) is 17.8. The number of anilines is 1. The number of hydrogen-bond donors (Lipinski definition) is 3. The molecule has 0 aromatic carbocycles. The van der Waals surface area contributed by atoms with Crippen molar-refractivity contribution in [2.24, 2.45) is 23.2 Å². The molecule has 6 saturated carbocycles. The van der Waals surface area contributed by atoms with Crippen molar-refractivity contribution in [3.05, 3.63) is 42.1 Å². The molecule has 36 heavy (non-hydrogen) atoms. The van der Waals surface area contributed by atoms with Crippen LogP contribution in [0, 0.1) is 29.0 Å². The van der Waals surface area contributed by atoms with E-state index in [0.717, 1.165) is 42.5 Å². The number of aromatic amines is 1. The van der Waals surface area contributed by atoms with E-state index in [1.807, 2.05) is 0 Å². The minimum absolute atomic E-state index is 0.0353. The van der Waals surface area contributed by atoms with Crippen molar-refractivity contribution in [3.8, 4) is 11.4 Å². The van der Waals surface area contributed by atoms with Crippen LogP contribution in [0.5, 0.6) is 0 Å². The largest absolute Gasteiger partial charge is 0.481 e. The van der Waals surface area contributed by atoms with Gasteiger partial charge < -0.3 is 15.4 Å². The van der Waals surface area contributed by atoms with Gasteiger partial charge in [-0.2, -0.15) is 13.2 Å². The summed E-state index contributed by atoms with van der Waals surface area (Å²) < 4.78 is 56.2. The van der Waals surface area contributed by atoms with Crippen LogP contribution >= 0.6 is 0 Å². The van der Waals surface area contributed by atoms with Crippen LogP contribution in [0.2, 0.25) is 0 Å². The lowest BCUT2D eigenvalue weighted by Crippen LogP contribution is -2.68. The van der Waals surface area contributed by atoms with E-state index in [1.54, 1.807) is 0 Å². The van der Waals surface area contributed by atoms with Crippen LogP contribution in [-0.2, 0) is 11.0 Å². The van der Waals surface area contributed by atoms with E-state index in [4.69, 9.17) is 0 Å². The van der Waals surface area contributed by atoms with Gasteiger partial charge in [0, 0.05) is 23.2 Å². The Morgan fingerprint density at radius 3 is 2.78 bits per heavy atom. The molecule has 0 amide bonds. The Bertz CT molecular complexity index is 1550. The quantitative estimate of drug-likeness (QED) is 0.350. The fraction of sp³-hybridized carbons (Fsp3) is 0.417. The van der Waals surface area contributed by atoms with E-state index < -0.39 is 35.6 Å². The summed E-state index contributed by atoms with van der Waals surface area (Å²) in [6.07, 6.45) is 1.37. The van der Waals surface area contributed by atoms with Gasteiger partial charge in [-0.05, 0) is 61.1 Å². The highest BCUT2D eigenvalue weighted by atomic mass is 19.4. The van der Waals surface area contributed by atoms with Gasteiger partial charge in [-0.25, -0.2) is 18.9 Å². The number of carboxylic acid groups (broad SMARTS) is 1. The van der Waals surface area contributed by atoms with Gasteiger partial charge in [-0.1, -0.05) is 0 Å². The average Bonchev–Trinajstić information content (AvgIpc) is 3.42. The van der Waals surface area contributed by atoms with Gasteiger partial charge in [0.2, 0.25) is 0 Å². The van der Waals surface area contributed by atoms with Crippen molar-refractivity contribution < 1.29 is 27.5 Å². The second-order valence-electron chi connectivity index (χ2n) is 10.3. The molecule has 6 aliphatic carbocycles. The molecule has 0 unspecified atom stereocenters. The lowest BCUT2D eigenvalue weighted by molar-refractivity contribution is -0.182. The first-order chi connectivity index (χ1) is 17.1. The second kappa shape index (κ2) is 6.95. The van der Waals surface area contributed by atoms with Crippen LogP contribution in [0.3, 0.4) is 0 Å². The number of fused-ring (bicyclic) bond motifs is 2. The Kier molecular flexibility index (Phi) is 4.16. The molecule has 0 saturated heterocycles. The summed E-state index contributed by atoms with van der Waals surface area (Å²) in [5.41, 5.74) is -0.491. The molecular formula is C24H20F4N6O2. The van der Waals surface area contributed by atoms with Gasteiger partial charge in [-0.3, -0.25) is 4.79 Å². The monoisotopic (exact) mass is 500 g/mol. The summed E-state index contributed by atoms with van der Waals surface area (Å²) in [6, 6.07) is 2.96. The molecule has 4 aromatic rings. The maximum Gasteiger partial charge on any atom is 0.433 e. The summed E-state index contributed by atoms with van der Waals surface area (Å²) in [5.74, 6) is -1.68. The molecule has 8 nitrogen and oxygen atoms in total. The fourth-order valence-electron chi connectivity index (χ4n) is 7.00. The average molecular weight is 500 g/mol. The summed E-state index contributed by atoms with van der Waals surface area (Å²) in [4.78, 5) is 23.7. The molecule has 186 valence electrons. The third-order valence-electron chi connectivity index (χ3n) is 8.52. The van der Waals surface area contributed by atoms with Gasteiger partial charge in [0.25, 0.3) is 0 Å². The van der Waals surface area contributed by atoms with Gasteiger partial charge >= 0.3 is 12.1 Å². The van der Waals surface area contributed by atoms with Crippen molar-refractivity contribution >= 4 is 28.3 Å². The molecule has 6 fully saturated rings. The van der Waals surface area contributed by atoms with Gasteiger partial charge in [-0.15, -0.1) is 5.10 Å². The fourth-order valence-corrected chi connectivity index (χ4v) is 7.00. The summed E-state index contributed by atoms with van der Waals surface area (Å²) >= 11 is 0. The molecule has 0 aliphatic heterocycles. The first-order valence-electron chi connectivity index (χ1n) is 11.7. The van der Waals surface area contributed by atoms with E-state index in [2.05, 4.69) is 25.4 Å². The van der Waals surface area contributed by atoms with Crippen molar-refractivity contribution in [2.45, 2.75) is 37.9 Å². The number of aliphatic carboxylic acids is 1. The minimum atomic E-state index is -4.68. The summed E-state index contributed by atoms with van der Waals surface area (Å²) in [6.45, 7) is 0. The lowest BCUT2D eigenvalue weighted by Gasteiger charge is -2.67. The van der Waals surface area contributed by atoms with Crippen LogP contribution in [-0.4, -0.2) is 41.7 Å². The number of halogens is 4. The number of H-pyrrole nitrogens is 1. The summed E-state index contributed by atoms with van der Waals surface area (Å²) in [7, 11) is 0. The number of nitrogens with one attached hydrogen (secondary N) is 2. The lowest BCUT2D eigenvalue weighted by atomic mass is 9.38. The van der Waals surface area contributed by atoms with E-state index in [-0.39, 0.29) is 34.1 Å². The first kappa shape index (κ1) is 21.6. The van der Waals surface area contributed by atoms with E-state index in [1.165, 1.54) is 18.3 Å². The van der Waals surface area contributed by atoms with Crippen LogP contribution in [0.25, 0.3) is 27.9 Å². The number of aromatic nitrogens is 5. The number of pyridine rings is 1. The number of nitrogens with zero attached hydrogens (tertiary/aromatic N) is 4. The highest BCUT2D eigenvalue weighted by Gasteiger charge is 2.66. The zero-order chi connectivity index (χ0) is 25.0. The molecule has 6 aliphatic rings. The van der Waals surface area contributed by atoms with Crippen LogP contribution in [0.15, 0.2) is 30.6 Å². The Balaban J connectivity index is 1.41. The number of carboxylic acids is 1. The molecule has 4 heterocycles. The second-order valence-corrected chi connectivity index (χ2v) is 10.3. The van der Waals surface area contributed by atoms with E-state index in [0.29, 0.717) is 17.0 Å². The smallest absolute Gasteiger partial charge is 0.433 e. The van der Waals surface area contributed by atoms with Crippen molar-refractivity contribution in [1.82, 2.24) is 24.6 Å². The predicted molar refractivity (Wildman–Crippen MR) is 119 cm³/mol. The highest BCUT2D eigenvalue weighted by molar-refractivity contribution is 5.92. The topological polar surface area (TPSA) is 108 Å². The zero-order valence-electron chi connectivity index (χ0n) is 18.7. The molecule has 12 heteroatoms. The molecular weight excluding hydrogens is 480 g/mol. The van der Waals surface area contributed by atoms with Crippen LogP contribution < -0.4 is 5.32 Å². The molecule has 4 aromatic heterocycles. The first-order valence-corrected chi connectivity index (χ1v) is 11.7. The minimum Gasteiger partial charge on any atom is -0.481 e. The van der Waals surface area contributed by atoms with Crippen molar-refractivity contribution in [2.75, 3.05) is 5.32 Å². The molecule has 10 rings (SSSR count). The van der Waals surface area contributed by atoms with E-state index >= 15 is 0 Å². The van der Waals surface area contributed by atoms with Gasteiger partial charge in [0.15, 0.2) is 11.6 Å². The predicted octanol–water partition coefficient (Wildman–Crippen LogP) is 4.73. The van der Waals surface area contributed by atoms with Gasteiger partial charge in [0.1, 0.15) is 22.7 Å². The third-order valence-corrected chi connectivity index (χ3v) is 8.52. The van der Waals surface area contributed by atoms with Crippen LogP contribution in [0.4, 0.5) is 23.4 Å². The molecule has 3 bridgehead atoms. The Morgan fingerprint density at radius 2 is 2.08 bits per heavy atom. The number of carbonyl (C=O) groups is 1.